The van der Waals surface area contributed by atoms with Crippen molar-refractivity contribution in [3.8, 4) is 6.07 Å². The molecule has 1 aromatic heterocycles. The van der Waals surface area contributed by atoms with Crippen LogP contribution in [0.15, 0.2) is 29.3 Å². The highest BCUT2D eigenvalue weighted by molar-refractivity contribution is 8.00. The van der Waals surface area contributed by atoms with Gasteiger partial charge in [-0.25, -0.2) is 9.37 Å². The predicted octanol–water partition coefficient (Wildman–Crippen LogP) is 5.67. The Hall–Kier alpha value is -2.60. The number of hydrogen-bond donors (Lipinski definition) is 1. The van der Waals surface area contributed by atoms with Crippen molar-refractivity contribution in [2.24, 2.45) is 11.3 Å². The molecule has 0 unspecified atom stereocenters. The van der Waals surface area contributed by atoms with Gasteiger partial charge in [0.1, 0.15) is 16.9 Å². The van der Waals surface area contributed by atoms with Crippen molar-refractivity contribution >= 4 is 17.7 Å². The molecule has 4 nitrogen and oxygen atoms in total. The summed E-state index contributed by atoms with van der Waals surface area (Å²) in [6.07, 6.45) is -3.36. The normalized spacial score (nSPS) is 16.1. The summed E-state index contributed by atoms with van der Waals surface area (Å²) in [7, 11) is 0. The lowest BCUT2D eigenvalue weighted by Gasteiger charge is -2.36. The molecule has 0 saturated heterocycles. The van der Waals surface area contributed by atoms with Gasteiger partial charge in [-0.05, 0) is 53.9 Å². The van der Waals surface area contributed by atoms with E-state index in [-0.39, 0.29) is 40.6 Å². The number of thioether (sulfide) groups is 1. The highest BCUT2D eigenvalue weighted by Gasteiger charge is 2.42. The molecule has 1 aliphatic rings. The number of alkyl halides is 3. The zero-order chi connectivity index (χ0) is 24.4. The molecule has 1 aromatic carbocycles. The molecule has 0 aliphatic heterocycles. The van der Waals surface area contributed by atoms with Gasteiger partial charge in [0.15, 0.2) is 0 Å². The number of hydrogen-bond acceptors (Lipinski definition) is 4. The smallest absolute Gasteiger partial charge is 0.351 e. The molecule has 0 spiro atoms. The molecule has 1 heterocycles. The summed E-state index contributed by atoms with van der Waals surface area (Å²) >= 11 is 0.821. The molecule has 9 heteroatoms. The summed E-state index contributed by atoms with van der Waals surface area (Å²) in [5, 5.41) is 12.2. The molecule has 2 aromatic rings. The number of amides is 1. The maximum atomic E-state index is 14.1. The lowest BCUT2D eigenvalue weighted by Crippen LogP contribution is -2.30. The Morgan fingerprint density at radius 1 is 1.24 bits per heavy atom. The average molecular weight is 480 g/mol. The largest absolute Gasteiger partial charge is 0.418 e. The number of carbonyl (C=O) groups is 1. The average Bonchev–Trinajstić information content (AvgIpc) is 2.74. The number of halogens is 4. The van der Waals surface area contributed by atoms with E-state index >= 15 is 0 Å². The van der Waals surface area contributed by atoms with E-state index in [1.165, 1.54) is 24.3 Å². The van der Waals surface area contributed by atoms with E-state index in [1.807, 2.05) is 20.8 Å². The van der Waals surface area contributed by atoms with Crippen LogP contribution in [0, 0.1) is 28.5 Å². The van der Waals surface area contributed by atoms with E-state index < -0.39 is 29.0 Å². The molecule has 0 fully saturated rings. The fourth-order valence-electron chi connectivity index (χ4n) is 3.98. The van der Waals surface area contributed by atoms with E-state index in [0.717, 1.165) is 18.2 Å². The first-order valence-corrected chi connectivity index (χ1v) is 11.6. The van der Waals surface area contributed by atoms with Gasteiger partial charge in [0.25, 0.3) is 0 Å². The Morgan fingerprint density at radius 3 is 2.48 bits per heavy atom. The number of fused-ring (bicyclic) bond motifs is 1. The number of pyridine rings is 1. The topological polar surface area (TPSA) is 65.8 Å². The Labute approximate surface area is 194 Å². The minimum atomic E-state index is -4.70. The number of aryl methyl sites for hydroxylation is 1. The summed E-state index contributed by atoms with van der Waals surface area (Å²) in [5.74, 6) is -0.953. The molecular formula is C24H25F4N3OS. The van der Waals surface area contributed by atoms with E-state index in [9.17, 15) is 27.6 Å². The first-order valence-electron chi connectivity index (χ1n) is 10.6. The molecule has 176 valence electrons. The van der Waals surface area contributed by atoms with Gasteiger partial charge < -0.3 is 5.32 Å². The maximum Gasteiger partial charge on any atom is 0.418 e. The molecule has 33 heavy (non-hydrogen) atoms. The maximum absolute atomic E-state index is 14.1. The lowest BCUT2D eigenvalue weighted by molar-refractivity contribution is -0.139. The Bertz CT molecular complexity index is 1070. The van der Waals surface area contributed by atoms with Crippen LogP contribution in [-0.2, 0) is 30.4 Å². The third-order valence-corrected chi connectivity index (χ3v) is 6.87. The molecule has 0 saturated carbocycles. The van der Waals surface area contributed by atoms with Gasteiger partial charge in [0, 0.05) is 12.2 Å². The van der Waals surface area contributed by atoms with Crippen molar-refractivity contribution in [3.05, 3.63) is 58.0 Å². The standard InChI is InChI=1S/C24H25F4N3OS/c1-23(2,3)15-6-9-19-17(10-15)21(24(26,27)28)18(11-29)22(31-19)33-13-20(32)30-12-14-4-7-16(25)8-5-14/h4-5,7-8,15H,6,9-10,12-13H2,1-3H3,(H,30,32)/t15-/m1/s1. The fraction of sp³-hybridized carbons (Fsp3) is 0.458. The van der Waals surface area contributed by atoms with Gasteiger partial charge in [-0.3, -0.25) is 4.79 Å². The zero-order valence-corrected chi connectivity index (χ0v) is 19.5. The van der Waals surface area contributed by atoms with Crippen molar-refractivity contribution in [2.75, 3.05) is 5.75 Å². The predicted molar refractivity (Wildman–Crippen MR) is 118 cm³/mol. The fourth-order valence-corrected chi connectivity index (χ4v) is 4.82. The second-order valence-electron chi connectivity index (χ2n) is 9.20. The molecule has 0 radical (unpaired) electrons. The third-order valence-electron chi connectivity index (χ3n) is 5.89. The highest BCUT2D eigenvalue weighted by Crippen LogP contribution is 2.44. The number of nitrogens with one attached hydrogen (secondary N) is 1. The minimum Gasteiger partial charge on any atom is -0.351 e. The highest BCUT2D eigenvalue weighted by atomic mass is 32.2. The Morgan fingerprint density at radius 2 is 1.91 bits per heavy atom. The van der Waals surface area contributed by atoms with Gasteiger partial charge >= 0.3 is 6.18 Å². The van der Waals surface area contributed by atoms with Crippen molar-refractivity contribution in [1.29, 1.82) is 5.26 Å². The number of carbonyl (C=O) groups excluding carboxylic acids is 1. The number of aromatic nitrogens is 1. The number of nitriles is 1. The van der Waals surface area contributed by atoms with Crippen molar-refractivity contribution in [2.45, 2.75) is 57.8 Å². The molecule has 1 amide bonds. The first kappa shape index (κ1) is 25.0. The van der Waals surface area contributed by atoms with Crippen LogP contribution in [0.4, 0.5) is 17.6 Å². The van der Waals surface area contributed by atoms with Crippen LogP contribution < -0.4 is 5.32 Å². The van der Waals surface area contributed by atoms with Crippen LogP contribution in [0.3, 0.4) is 0 Å². The summed E-state index contributed by atoms with van der Waals surface area (Å²) in [6, 6.07) is 7.30. The van der Waals surface area contributed by atoms with Crippen molar-refractivity contribution in [1.82, 2.24) is 10.3 Å². The molecule has 0 bridgehead atoms. The second kappa shape index (κ2) is 9.72. The van der Waals surface area contributed by atoms with Crippen LogP contribution in [0.2, 0.25) is 0 Å². The van der Waals surface area contributed by atoms with Crippen LogP contribution in [0.25, 0.3) is 0 Å². The molecule has 1 aliphatic carbocycles. The van der Waals surface area contributed by atoms with Crippen LogP contribution >= 0.6 is 11.8 Å². The number of nitrogens with zero attached hydrogens (tertiary/aromatic N) is 2. The van der Waals surface area contributed by atoms with Crippen molar-refractivity contribution in [3.63, 3.8) is 0 Å². The second-order valence-corrected chi connectivity index (χ2v) is 10.2. The molecular weight excluding hydrogens is 454 g/mol. The molecule has 3 rings (SSSR count). The van der Waals surface area contributed by atoms with E-state index in [2.05, 4.69) is 10.3 Å². The lowest BCUT2D eigenvalue weighted by atomic mass is 9.70. The summed E-state index contributed by atoms with van der Waals surface area (Å²) in [5.41, 5.74) is -0.451. The summed E-state index contributed by atoms with van der Waals surface area (Å²) in [4.78, 5) is 16.6. The van der Waals surface area contributed by atoms with Gasteiger partial charge in [0.05, 0.1) is 16.9 Å². The third kappa shape index (κ3) is 6.05. The molecule has 1 atom stereocenters. The quantitative estimate of drug-likeness (QED) is 0.443. The van der Waals surface area contributed by atoms with E-state index in [4.69, 9.17) is 0 Å². The van der Waals surface area contributed by atoms with Crippen LogP contribution in [-0.4, -0.2) is 16.6 Å². The molecule has 1 N–H and O–H groups in total. The number of benzene rings is 1. The van der Waals surface area contributed by atoms with E-state index in [1.54, 1.807) is 6.07 Å². The van der Waals surface area contributed by atoms with E-state index in [0.29, 0.717) is 17.7 Å². The SMILES string of the molecule is CC(C)(C)[C@@H]1CCc2nc(SCC(=O)NCc3ccc(F)cc3)c(C#N)c(C(F)(F)F)c2C1. The zero-order valence-electron chi connectivity index (χ0n) is 18.6. The van der Waals surface area contributed by atoms with Gasteiger partial charge in [0.2, 0.25) is 5.91 Å². The number of rotatable bonds is 5. The van der Waals surface area contributed by atoms with Crippen molar-refractivity contribution < 1.29 is 22.4 Å². The monoisotopic (exact) mass is 479 g/mol. The van der Waals surface area contributed by atoms with Gasteiger partial charge in [-0.15, -0.1) is 0 Å². The van der Waals surface area contributed by atoms with Gasteiger partial charge in [-0.2, -0.15) is 18.4 Å². The Kier molecular flexibility index (Phi) is 7.37. The Balaban J connectivity index is 1.82. The summed E-state index contributed by atoms with van der Waals surface area (Å²) in [6.45, 7) is 6.17. The van der Waals surface area contributed by atoms with Crippen LogP contribution in [0.1, 0.15) is 55.1 Å². The van der Waals surface area contributed by atoms with Gasteiger partial charge in [-0.1, -0.05) is 44.7 Å². The minimum absolute atomic E-state index is 0.0511. The van der Waals surface area contributed by atoms with Crippen LogP contribution in [0.5, 0.6) is 0 Å². The summed E-state index contributed by atoms with van der Waals surface area (Å²) < 4.78 is 55.2. The first-order chi connectivity index (χ1) is 15.4.